The van der Waals surface area contributed by atoms with Gasteiger partial charge in [0.2, 0.25) is 0 Å². The van der Waals surface area contributed by atoms with Crippen LogP contribution in [-0.2, 0) is 12.8 Å². The second-order valence-electron chi connectivity index (χ2n) is 4.91. The first-order valence-corrected chi connectivity index (χ1v) is 7.32. The van der Waals surface area contributed by atoms with Gasteiger partial charge in [-0.25, -0.2) is 4.98 Å². The number of fused-ring (bicyclic) bond motifs is 1. The van der Waals surface area contributed by atoms with Gasteiger partial charge in [-0.15, -0.1) is 11.3 Å². The minimum atomic E-state index is 0.237. The fourth-order valence-corrected chi connectivity index (χ4v) is 3.91. The van der Waals surface area contributed by atoms with E-state index < -0.39 is 0 Å². The summed E-state index contributed by atoms with van der Waals surface area (Å²) in [7, 11) is 2.01. The third-order valence-corrected chi connectivity index (χ3v) is 4.75. The van der Waals surface area contributed by atoms with Crippen LogP contribution in [0, 0.1) is 6.92 Å². The molecule has 3 rings (SSSR count). The van der Waals surface area contributed by atoms with E-state index in [1.54, 1.807) is 0 Å². The highest BCUT2D eigenvalue weighted by Crippen LogP contribution is 2.33. The number of rotatable bonds is 3. The van der Waals surface area contributed by atoms with Gasteiger partial charge in [-0.1, -0.05) is 29.8 Å². The lowest BCUT2D eigenvalue weighted by Gasteiger charge is -2.14. The second-order valence-corrected chi connectivity index (χ2v) is 6.03. The van der Waals surface area contributed by atoms with Crippen molar-refractivity contribution in [2.75, 3.05) is 7.05 Å². The zero-order valence-electron chi connectivity index (χ0n) is 10.9. The third-order valence-electron chi connectivity index (χ3n) is 3.52. The van der Waals surface area contributed by atoms with E-state index in [9.17, 15) is 0 Å². The lowest BCUT2D eigenvalue weighted by atomic mass is 10.1. The first-order chi connectivity index (χ1) is 8.78. The number of hydrogen-bond donors (Lipinski definition) is 1. The number of hydrogen-bond acceptors (Lipinski definition) is 3. The van der Waals surface area contributed by atoms with Gasteiger partial charge >= 0.3 is 0 Å². The van der Waals surface area contributed by atoms with E-state index in [-0.39, 0.29) is 6.04 Å². The van der Waals surface area contributed by atoms with E-state index in [4.69, 9.17) is 4.98 Å². The minimum Gasteiger partial charge on any atom is -0.307 e. The highest BCUT2D eigenvalue weighted by Gasteiger charge is 2.22. The van der Waals surface area contributed by atoms with Gasteiger partial charge in [0.1, 0.15) is 5.01 Å². The van der Waals surface area contributed by atoms with E-state index >= 15 is 0 Å². The Morgan fingerprint density at radius 1 is 1.33 bits per heavy atom. The van der Waals surface area contributed by atoms with Crippen molar-refractivity contribution in [2.24, 2.45) is 0 Å². The molecule has 0 spiro atoms. The van der Waals surface area contributed by atoms with Gasteiger partial charge in [0.15, 0.2) is 0 Å². The number of benzene rings is 1. The summed E-state index contributed by atoms with van der Waals surface area (Å²) in [6, 6.07) is 8.92. The largest absolute Gasteiger partial charge is 0.307 e. The van der Waals surface area contributed by atoms with Crippen molar-refractivity contribution in [3.05, 3.63) is 51.0 Å². The van der Waals surface area contributed by atoms with Crippen molar-refractivity contribution < 1.29 is 0 Å². The van der Waals surface area contributed by atoms with Crippen molar-refractivity contribution in [3.63, 3.8) is 0 Å². The van der Waals surface area contributed by atoms with Gasteiger partial charge < -0.3 is 5.32 Å². The summed E-state index contributed by atoms with van der Waals surface area (Å²) in [5.41, 5.74) is 3.95. The molecule has 1 aromatic carbocycles. The number of thiazole rings is 1. The van der Waals surface area contributed by atoms with Gasteiger partial charge in [-0.05, 0) is 38.8 Å². The molecule has 18 heavy (non-hydrogen) atoms. The monoisotopic (exact) mass is 258 g/mol. The fourth-order valence-electron chi connectivity index (χ4n) is 2.62. The summed E-state index contributed by atoms with van der Waals surface area (Å²) in [6.45, 7) is 2.14. The number of nitrogens with zero attached hydrogens (tertiary/aromatic N) is 1. The Bertz CT molecular complexity index is 538. The van der Waals surface area contributed by atoms with Crippen LogP contribution in [-0.4, -0.2) is 12.0 Å². The Balaban J connectivity index is 1.96. The van der Waals surface area contributed by atoms with Crippen LogP contribution in [0.2, 0.25) is 0 Å². The Kier molecular flexibility index (Phi) is 3.18. The molecule has 2 aromatic rings. The summed E-state index contributed by atoms with van der Waals surface area (Å²) in [6.07, 6.45) is 3.66. The second kappa shape index (κ2) is 4.82. The van der Waals surface area contributed by atoms with E-state index in [1.807, 2.05) is 18.4 Å². The van der Waals surface area contributed by atoms with Gasteiger partial charge in [0, 0.05) is 4.88 Å². The van der Waals surface area contributed by atoms with Crippen LogP contribution in [0.15, 0.2) is 24.3 Å². The minimum absolute atomic E-state index is 0.237. The molecular weight excluding hydrogens is 240 g/mol. The number of aryl methyl sites for hydroxylation is 3. The molecule has 1 aromatic heterocycles. The van der Waals surface area contributed by atoms with Crippen LogP contribution in [0.5, 0.6) is 0 Å². The summed E-state index contributed by atoms with van der Waals surface area (Å²) < 4.78 is 0. The molecule has 0 bridgehead atoms. The number of aromatic nitrogens is 1. The lowest BCUT2D eigenvalue weighted by Crippen LogP contribution is -2.17. The molecule has 0 saturated heterocycles. The average molecular weight is 258 g/mol. The molecular formula is C15H18N2S. The van der Waals surface area contributed by atoms with Crippen LogP contribution < -0.4 is 5.32 Å². The van der Waals surface area contributed by atoms with E-state index in [1.165, 1.54) is 39.5 Å². The molecule has 94 valence electrons. The van der Waals surface area contributed by atoms with Crippen molar-refractivity contribution in [1.82, 2.24) is 10.3 Å². The maximum atomic E-state index is 4.82. The van der Waals surface area contributed by atoms with E-state index in [0.717, 1.165) is 6.42 Å². The van der Waals surface area contributed by atoms with Crippen LogP contribution >= 0.6 is 11.3 Å². The average Bonchev–Trinajstić information content (AvgIpc) is 2.91. The third kappa shape index (κ3) is 2.08. The Morgan fingerprint density at radius 2 is 2.22 bits per heavy atom. The molecule has 2 nitrogen and oxygen atoms in total. The summed E-state index contributed by atoms with van der Waals surface area (Å²) in [4.78, 5) is 6.32. The summed E-state index contributed by atoms with van der Waals surface area (Å²) >= 11 is 1.88. The smallest absolute Gasteiger partial charge is 0.115 e. The molecule has 1 N–H and O–H groups in total. The van der Waals surface area contributed by atoms with Gasteiger partial charge in [-0.2, -0.15) is 0 Å². The van der Waals surface area contributed by atoms with E-state index in [2.05, 4.69) is 36.5 Å². The topological polar surface area (TPSA) is 24.9 Å². The highest BCUT2D eigenvalue weighted by atomic mass is 32.1. The lowest BCUT2D eigenvalue weighted by molar-refractivity contribution is 0.682. The van der Waals surface area contributed by atoms with Crippen LogP contribution in [0.1, 0.15) is 39.2 Å². The molecule has 1 unspecified atom stereocenters. The standard InChI is InChI=1S/C15H18N2S/c1-10-5-3-6-11(9-10)14(16-2)15-17-12-7-4-8-13(12)18-15/h3,5-6,9,14,16H,4,7-8H2,1-2H3. The molecule has 1 atom stereocenters. The summed E-state index contributed by atoms with van der Waals surface area (Å²) in [5.74, 6) is 0. The SMILES string of the molecule is CNC(c1cccc(C)c1)c1nc2c(s1)CCC2. The summed E-state index contributed by atoms with van der Waals surface area (Å²) in [5, 5.41) is 4.61. The van der Waals surface area contributed by atoms with Crippen molar-refractivity contribution in [1.29, 1.82) is 0 Å². The maximum Gasteiger partial charge on any atom is 0.115 e. The van der Waals surface area contributed by atoms with Crippen molar-refractivity contribution in [2.45, 2.75) is 32.2 Å². The molecule has 1 heterocycles. The Morgan fingerprint density at radius 3 is 2.94 bits per heavy atom. The van der Waals surface area contributed by atoms with Crippen LogP contribution in [0.3, 0.4) is 0 Å². The first-order valence-electron chi connectivity index (χ1n) is 6.50. The van der Waals surface area contributed by atoms with Crippen molar-refractivity contribution in [3.8, 4) is 0 Å². The van der Waals surface area contributed by atoms with Gasteiger partial charge in [0.05, 0.1) is 11.7 Å². The molecule has 0 aliphatic heterocycles. The Labute approximate surface area is 112 Å². The predicted molar refractivity (Wildman–Crippen MR) is 76.2 cm³/mol. The van der Waals surface area contributed by atoms with Crippen LogP contribution in [0.4, 0.5) is 0 Å². The predicted octanol–water partition coefficient (Wildman–Crippen LogP) is 3.25. The maximum absolute atomic E-state index is 4.82. The van der Waals surface area contributed by atoms with E-state index in [0.29, 0.717) is 0 Å². The normalized spacial score (nSPS) is 15.7. The molecule has 0 radical (unpaired) electrons. The van der Waals surface area contributed by atoms with Gasteiger partial charge in [0.25, 0.3) is 0 Å². The zero-order chi connectivity index (χ0) is 12.5. The molecule has 3 heteroatoms. The fraction of sp³-hybridized carbons (Fsp3) is 0.400. The number of nitrogens with one attached hydrogen (secondary N) is 1. The molecule has 0 saturated carbocycles. The first kappa shape index (κ1) is 11.9. The molecule has 0 amide bonds. The molecule has 0 fully saturated rings. The quantitative estimate of drug-likeness (QED) is 0.914. The highest BCUT2D eigenvalue weighted by molar-refractivity contribution is 7.11. The van der Waals surface area contributed by atoms with Gasteiger partial charge in [-0.3, -0.25) is 0 Å². The Hall–Kier alpha value is -1.19. The molecule has 1 aliphatic rings. The zero-order valence-corrected chi connectivity index (χ0v) is 11.7. The van der Waals surface area contributed by atoms with Crippen molar-refractivity contribution >= 4 is 11.3 Å². The molecule has 1 aliphatic carbocycles. The van der Waals surface area contributed by atoms with Crippen LogP contribution in [0.25, 0.3) is 0 Å².